The summed E-state index contributed by atoms with van der Waals surface area (Å²) in [5, 5.41) is 0. The van der Waals surface area contributed by atoms with Crippen LogP contribution in [-0.2, 0) is 26.2 Å². The molecular weight excluding hydrogens is 191 g/mol. The van der Waals surface area contributed by atoms with Crippen LogP contribution in [0.5, 0.6) is 0 Å². The van der Waals surface area contributed by atoms with E-state index in [9.17, 15) is 4.79 Å². The van der Waals surface area contributed by atoms with Crippen LogP contribution < -0.4 is 0 Å². The van der Waals surface area contributed by atoms with Gasteiger partial charge in [-0.05, 0) is 0 Å². The van der Waals surface area contributed by atoms with Gasteiger partial charge in [-0.15, -0.1) is 0 Å². The van der Waals surface area contributed by atoms with Crippen molar-refractivity contribution >= 4 is 6.29 Å². The Morgan fingerprint density at radius 3 is 2.00 bits per heavy atom. The number of carbonyl (C=O) groups is 1. The van der Waals surface area contributed by atoms with Gasteiger partial charge in [0, 0.05) is 31.8 Å². The normalized spacial score (nSPS) is 7.56. The Bertz CT molecular complexity index is 172. The monoisotopic (exact) mass is 196 g/mol. The summed E-state index contributed by atoms with van der Waals surface area (Å²) < 4.78 is 0. The first kappa shape index (κ1) is 8.77. The van der Waals surface area contributed by atoms with Gasteiger partial charge in [0.1, 0.15) is 6.29 Å². The Kier molecular flexibility index (Phi) is 4.52. The first-order valence-electron chi connectivity index (χ1n) is 2.44. The number of rotatable bonds is 1. The molecule has 1 aromatic carbocycles. The van der Waals surface area contributed by atoms with Crippen LogP contribution in [0.15, 0.2) is 30.3 Å². The topological polar surface area (TPSA) is 17.1 Å². The molecule has 0 aromatic heterocycles. The Morgan fingerprint density at radius 1 is 1.11 bits per heavy atom. The molecule has 0 bridgehead atoms. The molecule has 1 nitrogen and oxygen atoms in total. The van der Waals surface area contributed by atoms with Crippen molar-refractivity contribution in [1.29, 1.82) is 0 Å². The molecular formula is C7H6OZr. The minimum absolute atomic E-state index is 0. The van der Waals surface area contributed by atoms with E-state index in [1.165, 1.54) is 0 Å². The number of aldehydes is 1. The first-order valence-corrected chi connectivity index (χ1v) is 2.44. The zero-order chi connectivity index (χ0) is 5.82. The third kappa shape index (κ3) is 2.71. The van der Waals surface area contributed by atoms with E-state index < -0.39 is 0 Å². The van der Waals surface area contributed by atoms with Crippen LogP contribution in [0.1, 0.15) is 10.4 Å². The number of hydrogen-bond donors (Lipinski definition) is 0. The van der Waals surface area contributed by atoms with Gasteiger partial charge in [-0.1, -0.05) is 30.3 Å². The molecule has 0 N–H and O–H groups in total. The van der Waals surface area contributed by atoms with Gasteiger partial charge in [0.2, 0.25) is 0 Å². The maximum atomic E-state index is 10.0. The number of hydrogen-bond acceptors (Lipinski definition) is 1. The van der Waals surface area contributed by atoms with Gasteiger partial charge in [-0.3, -0.25) is 4.79 Å². The molecule has 0 saturated heterocycles. The van der Waals surface area contributed by atoms with Gasteiger partial charge in [0.05, 0.1) is 0 Å². The SMILES string of the molecule is O=Cc1ccccc1.[Zr]. The van der Waals surface area contributed by atoms with Gasteiger partial charge >= 0.3 is 0 Å². The molecule has 0 aliphatic carbocycles. The van der Waals surface area contributed by atoms with E-state index in [-0.39, 0.29) is 26.2 Å². The zero-order valence-electron chi connectivity index (χ0n) is 4.87. The van der Waals surface area contributed by atoms with Gasteiger partial charge < -0.3 is 0 Å². The molecule has 0 atom stereocenters. The molecule has 1 rings (SSSR count). The van der Waals surface area contributed by atoms with Crippen molar-refractivity contribution in [1.82, 2.24) is 0 Å². The molecule has 0 amide bonds. The smallest absolute Gasteiger partial charge is 0.150 e. The van der Waals surface area contributed by atoms with Gasteiger partial charge in [-0.25, -0.2) is 0 Å². The minimum atomic E-state index is 0. The fourth-order valence-corrected chi connectivity index (χ4v) is 0.532. The third-order valence-electron chi connectivity index (χ3n) is 0.936. The standard InChI is InChI=1S/C7H6O.Zr/c8-6-7-4-2-1-3-5-7;/h1-6H;. The van der Waals surface area contributed by atoms with Gasteiger partial charge in [0.15, 0.2) is 0 Å². The molecule has 0 radical (unpaired) electrons. The van der Waals surface area contributed by atoms with Crippen molar-refractivity contribution in [2.45, 2.75) is 0 Å². The largest absolute Gasteiger partial charge is 0.298 e. The average Bonchev–Trinajstić information content (AvgIpc) is 1.90. The second-order valence-corrected chi connectivity index (χ2v) is 1.53. The summed E-state index contributed by atoms with van der Waals surface area (Å²) in [6.45, 7) is 0. The van der Waals surface area contributed by atoms with Gasteiger partial charge in [0.25, 0.3) is 0 Å². The summed E-state index contributed by atoms with van der Waals surface area (Å²) in [7, 11) is 0. The quantitative estimate of drug-likeness (QED) is 0.624. The molecule has 0 unspecified atom stereocenters. The van der Waals surface area contributed by atoms with Crippen LogP contribution in [0.4, 0.5) is 0 Å². The molecule has 0 aliphatic rings. The van der Waals surface area contributed by atoms with E-state index in [2.05, 4.69) is 0 Å². The van der Waals surface area contributed by atoms with E-state index in [0.29, 0.717) is 0 Å². The summed E-state index contributed by atoms with van der Waals surface area (Å²) in [6, 6.07) is 9.10. The molecule has 0 spiro atoms. The summed E-state index contributed by atoms with van der Waals surface area (Å²) in [5.74, 6) is 0. The molecule has 2 heteroatoms. The second kappa shape index (κ2) is 4.63. The van der Waals surface area contributed by atoms with Crippen molar-refractivity contribution in [2.24, 2.45) is 0 Å². The summed E-state index contributed by atoms with van der Waals surface area (Å²) in [5.41, 5.74) is 0.729. The van der Waals surface area contributed by atoms with E-state index >= 15 is 0 Å². The van der Waals surface area contributed by atoms with Crippen LogP contribution in [0.25, 0.3) is 0 Å². The Balaban J connectivity index is 0.000000640. The first-order chi connectivity index (χ1) is 3.93. The predicted octanol–water partition coefficient (Wildman–Crippen LogP) is 1.50. The Hall–Kier alpha value is -0.227. The van der Waals surface area contributed by atoms with Crippen molar-refractivity contribution in [2.75, 3.05) is 0 Å². The summed E-state index contributed by atoms with van der Waals surface area (Å²) >= 11 is 0. The maximum Gasteiger partial charge on any atom is 0.150 e. The number of carbonyl (C=O) groups excluding carboxylic acids is 1. The second-order valence-electron chi connectivity index (χ2n) is 1.53. The van der Waals surface area contributed by atoms with Crippen molar-refractivity contribution in [3.63, 3.8) is 0 Å². The fourth-order valence-electron chi connectivity index (χ4n) is 0.532. The number of benzene rings is 1. The van der Waals surface area contributed by atoms with Crippen molar-refractivity contribution in [3.05, 3.63) is 35.9 Å². The summed E-state index contributed by atoms with van der Waals surface area (Å²) in [6.07, 6.45) is 0.833. The molecule has 0 aliphatic heterocycles. The average molecular weight is 197 g/mol. The van der Waals surface area contributed by atoms with Crippen LogP contribution in [-0.4, -0.2) is 6.29 Å². The molecule has 0 heterocycles. The Morgan fingerprint density at radius 2 is 1.67 bits per heavy atom. The third-order valence-corrected chi connectivity index (χ3v) is 0.936. The van der Waals surface area contributed by atoms with Crippen LogP contribution in [0.3, 0.4) is 0 Å². The van der Waals surface area contributed by atoms with Gasteiger partial charge in [-0.2, -0.15) is 0 Å². The summed E-state index contributed by atoms with van der Waals surface area (Å²) in [4.78, 5) is 10.0. The van der Waals surface area contributed by atoms with E-state index in [1.54, 1.807) is 12.1 Å². The molecule has 1 aromatic rings. The Labute approximate surface area is 73.2 Å². The van der Waals surface area contributed by atoms with E-state index in [0.717, 1.165) is 11.8 Å². The zero-order valence-corrected chi connectivity index (χ0v) is 7.33. The molecule has 0 saturated carbocycles. The molecule has 0 fully saturated rings. The van der Waals surface area contributed by atoms with E-state index in [1.807, 2.05) is 18.2 Å². The fraction of sp³-hybridized carbons (Fsp3) is 0. The van der Waals surface area contributed by atoms with E-state index in [4.69, 9.17) is 0 Å². The van der Waals surface area contributed by atoms with Crippen molar-refractivity contribution < 1.29 is 31.0 Å². The van der Waals surface area contributed by atoms with Crippen LogP contribution in [0, 0.1) is 0 Å². The maximum absolute atomic E-state index is 10.0. The van der Waals surface area contributed by atoms with Crippen LogP contribution in [0.2, 0.25) is 0 Å². The molecule has 44 valence electrons. The predicted molar refractivity (Wildman–Crippen MR) is 31.8 cm³/mol. The molecule has 9 heavy (non-hydrogen) atoms. The minimum Gasteiger partial charge on any atom is -0.298 e. The van der Waals surface area contributed by atoms with Crippen LogP contribution >= 0.6 is 0 Å². The van der Waals surface area contributed by atoms with Crippen molar-refractivity contribution in [3.8, 4) is 0 Å².